The zero-order valence-electron chi connectivity index (χ0n) is 18.8. The van der Waals surface area contributed by atoms with Crippen molar-refractivity contribution in [1.82, 2.24) is 9.13 Å². The molecule has 0 spiro atoms. The number of amides is 2. The number of nitrogens with one attached hydrogen (secondary N) is 1. The normalized spacial score (nSPS) is 15.5. The number of anilines is 3. The Kier molecular flexibility index (Phi) is 6.59. The molecule has 0 bridgehead atoms. The van der Waals surface area contributed by atoms with E-state index in [0.717, 1.165) is 53.5 Å². The molecule has 1 fully saturated rings. The molecule has 0 radical (unpaired) electrons. The van der Waals surface area contributed by atoms with Crippen LogP contribution in [-0.2, 0) is 30.7 Å². The molecule has 0 unspecified atom stereocenters. The van der Waals surface area contributed by atoms with Crippen LogP contribution in [0.25, 0.3) is 0 Å². The van der Waals surface area contributed by atoms with Gasteiger partial charge in [-0.25, -0.2) is 9.36 Å². The largest absolute Gasteiger partial charge is 0.383 e. The zero-order chi connectivity index (χ0) is 23.7. The monoisotopic (exact) mass is 474 g/mol. The second kappa shape index (κ2) is 9.42. The summed E-state index contributed by atoms with van der Waals surface area (Å²) >= 11 is 1.33. The van der Waals surface area contributed by atoms with Crippen LogP contribution in [0, 0.1) is 0 Å². The molecule has 10 nitrogen and oxygen atoms in total. The zero-order valence-corrected chi connectivity index (χ0v) is 19.6. The summed E-state index contributed by atoms with van der Waals surface area (Å²) in [5.74, 6) is -1.00. The van der Waals surface area contributed by atoms with Gasteiger partial charge in [0.05, 0.1) is 5.56 Å². The average Bonchev–Trinajstić information content (AvgIpc) is 3.35. The number of piperidine rings is 1. The quantitative estimate of drug-likeness (QED) is 0.551. The van der Waals surface area contributed by atoms with E-state index in [1.165, 1.54) is 15.9 Å². The highest BCUT2D eigenvalue weighted by atomic mass is 32.1. The van der Waals surface area contributed by atoms with Crippen molar-refractivity contribution in [3.8, 4) is 0 Å². The Labute approximate surface area is 195 Å². The number of thiophene rings is 1. The SMILES string of the molecule is CCCn1c(N)c(N2CCCCC2)c(=O)n(CC(=O)Nc2sc3c(c2C(N)=O)CCC3)c1=O. The van der Waals surface area contributed by atoms with Gasteiger partial charge >= 0.3 is 5.69 Å². The molecule has 11 heteroatoms. The van der Waals surface area contributed by atoms with Gasteiger partial charge in [-0.3, -0.25) is 19.0 Å². The standard InChI is InChI=1S/C22H30N6O4S/c1-2-9-27-18(23)17(26-10-4-3-5-11-26)21(31)28(22(27)32)12-15(29)25-20-16(19(24)30)13-7-6-8-14(13)33-20/h2-12,23H2,1H3,(H2,24,30)(H,25,29). The third-order valence-corrected chi connectivity index (χ3v) is 7.49. The van der Waals surface area contributed by atoms with E-state index < -0.39 is 29.6 Å². The summed E-state index contributed by atoms with van der Waals surface area (Å²) in [5.41, 5.74) is 12.2. The number of nitrogens with two attached hydrogens (primary N) is 2. The third-order valence-electron chi connectivity index (χ3n) is 6.28. The van der Waals surface area contributed by atoms with Crippen LogP contribution >= 0.6 is 11.3 Å². The van der Waals surface area contributed by atoms with Gasteiger partial charge in [-0.1, -0.05) is 6.92 Å². The summed E-state index contributed by atoms with van der Waals surface area (Å²) in [6.45, 7) is 3.15. The molecule has 0 atom stereocenters. The maximum absolute atomic E-state index is 13.3. The van der Waals surface area contributed by atoms with Crippen LogP contribution in [0.3, 0.4) is 0 Å². The molecular weight excluding hydrogens is 444 g/mol. The molecule has 33 heavy (non-hydrogen) atoms. The van der Waals surface area contributed by atoms with Gasteiger partial charge in [0, 0.05) is 24.5 Å². The van der Waals surface area contributed by atoms with Crippen LogP contribution in [-0.4, -0.2) is 34.0 Å². The van der Waals surface area contributed by atoms with Crippen LogP contribution in [0.4, 0.5) is 16.5 Å². The average molecular weight is 475 g/mol. The lowest BCUT2D eigenvalue weighted by molar-refractivity contribution is -0.116. The number of aryl methyl sites for hydroxylation is 1. The van der Waals surface area contributed by atoms with Crippen molar-refractivity contribution in [1.29, 1.82) is 0 Å². The number of nitrogens with zero attached hydrogens (tertiary/aromatic N) is 3. The van der Waals surface area contributed by atoms with Gasteiger partial charge in [0.2, 0.25) is 5.91 Å². The van der Waals surface area contributed by atoms with Gasteiger partial charge in [0.25, 0.3) is 11.5 Å². The Morgan fingerprint density at radius 1 is 1.06 bits per heavy atom. The highest BCUT2D eigenvalue weighted by Crippen LogP contribution is 2.38. The maximum Gasteiger partial charge on any atom is 0.333 e. The molecule has 1 saturated heterocycles. The van der Waals surface area contributed by atoms with Crippen LogP contribution in [0.1, 0.15) is 59.8 Å². The van der Waals surface area contributed by atoms with Gasteiger partial charge in [-0.15, -0.1) is 11.3 Å². The van der Waals surface area contributed by atoms with Crippen molar-refractivity contribution >= 4 is 39.7 Å². The molecule has 2 aliphatic rings. The van der Waals surface area contributed by atoms with Crippen LogP contribution in [0.5, 0.6) is 0 Å². The Morgan fingerprint density at radius 3 is 2.45 bits per heavy atom. The van der Waals surface area contributed by atoms with Crippen LogP contribution < -0.4 is 32.9 Å². The molecule has 4 rings (SSSR count). The lowest BCUT2D eigenvalue weighted by Gasteiger charge is -2.30. The van der Waals surface area contributed by atoms with Crippen molar-refractivity contribution in [3.63, 3.8) is 0 Å². The summed E-state index contributed by atoms with van der Waals surface area (Å²) in [6.07, 6.45) is 6.14. The topological polar surface area (TPSA) is 145 Å². The number of aromatic nitrogens is 2. The number of fused-ring (bicyclic) bond motifs is 1. The first-order valence-electron chi connectivity index (χ1n) is 11.5. The predicted molar refractivity (Wildman–Crippen MR) is 129 cm³/mol. The number of hydrogen-bond donors (Lipinski definition) is 3. The highest BCUT2D eigenvalue weighted by molar-refractivity contribution is 7.17. The van der Waals surface area contributed by atoms with Crippen molar-refractivity contribution in [3.05, 3.63) is 36.8 Å². The highest BCUT2D eigenvalue weighted by Gasteiger charge is 2.27. The number of rotatable bonds is 7. The molecule has 2 amide bonds. The molecule has 3 heterocycles. The lowest BCUT2D eigenvalue weighted by Crippen LogP contribution is -2.47. The summed E-state index contributed by atoms with van der Waals surface area (Å²) < 4.78 is 2.31. The van der Waals surface area contributed by atoms with Gasteiger partial charge in [-0.05, 0) is 50.5 Å². The van der Waals surface area contributed by atoms with Crippen LogP contribution in [0.2, 0.25) is 0 Å². The summed E-state index contributed by atoms with van der Waals surface area (Å²) in [6, 6.07) is 0. The minimum atomic E-state index is -0.612. The fourth-order valence-electron chi connectivity index (χ4n) is 4.76. The second-order valence-electron chi connectivity index (χ2n) is 8.58. The van der Waals surface area contributed by atoms with E-state index in [1.807, 2.05) is 11.8 Å². The Hall–Kier alpha value is -3.08. The summed E-state index contributed by atoms with van der Waals surface area (Å²) in [7, 11) is 0. The Balaban J connectivity index is 1.68. The van der Waals surface area contributed by atoms with E-state index in [1.54, 1.807) is 0 Å². The molecule has 1 aliphatic carbocycles. The molecular formula is C22H30N6O4S. The van der Waals surface area contributed by atoms with E-state index in [4.69, 9.17) is 11.5 Å². The van der Waals surface area contributed by atoms with E-state index in [2.05, 4.69) is 5.32 Å². The van der Waals surface area contributed by atoms with E-state index in [9.17, 15) is 19.2 Å². The molecule has 178 valence electrons. The van der Waals surface area contributed by atoms with Crippen molar-refractivity contribution in [2.24, 2.45) is 5.73 Å². The van der Waals surface area contributed by atoms with E-state index in [-0.39, 0.29) is 11.5 Å². The smallest absolute Gasteiger partial charge is 0.333 e. The minimum absolute atomic E-state index is 0.149. The third kappa shape index (κ3) is 4.29. The molecule has 2 aromatic heterocycles. The number of primary amides is 1. The number of nitrogen functional groups attached to an aromatic ring is 1. The van der Waals surface area contributed by atoms with E-state index >= 15 is 0 Å². The Bertz CT molecular complexity index is 1200. The first-order chi connectivity index (χ1) is 15.8. The van der Waals surface area contributed by atoms with Crippen molar-refractivity contribution < 1.29 is 9.59 Å². The first kappa shape index (κ1) is 23.1. The first-order valence-corrected chi connectivity index (χ1v) is 12.3. The minimum Gasteiger partial charge on any atom is -0.383 e. The number of carbonyl (C=O) groups is 2. The Morgan fingerprint density at radius 2 is 1.79 bits per heavy atom. The molecule has 1 aliphatic heterocycles. The van der Waals surface area contributed by atoms with Crippen molar-refractivity contribution in [2.75, 3.05) is 29.0 Å². The maximum atomic E-state index is 13.3. The van der Waals surface area contributed by atoms with E-state index in [0.29, 0.717) is 36.6 Å². The van der Waals surface area contributed by atoms with Crippen molar-refractivity contribution in [2.45, 2.75) is 65.0 Å². The molecule has 5 N–H and O–H groups in total. The number of hydrogen-bond acceptors (Lipinski definition) is 7. The fourth-order valence-corrected chi connectivity index (χ4v) is 6.07. The van der Waals surface area contributed by atoms with Crippen LogP contribution in [0.15, 0.2) is 9.59 Å². The summed E-state index contributed by atoms with van der Waals surface area (Å²) in [5, 5.41) is 3.10. The van der Waals surface area contributed by atoms with Gasteiger partial charge in [0.15, 0.2) is 0 Å². The predicted octanol–water partition coefficient (Wildman–Crippen LogP) is 1.28. The fraction of sp³-hybridized carbons (Fsp3) is 0.545. The molecule has 0 saturated carbocycles. The summed E-state index contributed by atoms with van der Waals surface area (Å²) in [4.78, 5) is 54.3. The van der Waals surface area contributed by atoms with Gasteiger partial charge in [-0.2, -0.15) is 0 Å². The molecule has 0 aromatic carbocycles. The number of carbonyl (C=O) groups excluding carboxylic acids is 2. The lowest BCUT2D eigenvalue weighted by atomic mass is 10.1. The van der Waals surface area contributed by atoms with Gasteiger partial charge in [0.1, 0.15) is 23.1 Å². The van der Waals surface area contributed by atoms with Gasteiger partial charge < -0.3 is 21.7 Å². The molecule has 2 aromatic rings. The second-order valence-corrected chi connectivity index (χ2v) is 9.69.